The Morgan fingerprint density at radius 1 is 1.35 bits per heavy atom. The Labute approximate surface area is 100 Å². The maximum atomic E-state index is 10.6. The predicted molar refractivity (Wildman–Crippen MR) is 62.6 cm³/mol. The number of aldehydes is 1. The second kappa shape index (κ2) is 7.57. The molecule has 1 atom stereocenters. The molecule has 0 radical (unpaired) electrons. The Balaban J connectivity index is 2.42. The molecule has 0 bridgehead atoms. The van der Waals surface area contributed by atoms with Gasteiger partial charge in [-0.3, -0.25) is 4.79 Å². The number of carbonyl (C=O) groups excluding carboxylic acids is 1. The molecule has 0 spiro atoms. The van der Waals surface area contributed by atoms with Gasteiger partial charge in [-0.25, -0.2) is 0 Å². The summed E-state index contributed by atoms with van der Waals surface area (Å²) in [6, 6.07) is 9.53. The molecular formula is C13H16O4. The molecule has 0 aliphatic carbocycles. The highest BCUT2D eigenvalue weighted by Gasteiger charge is 2.13. The summed E-state index contributed by atoms with van der Waals surface area (Å²) >= 11 is 0. The summed E-state index contributed by atoms with van der Waals surface area (Å²) in [5.74, 6) is -0.908. The first kappa shape index (κ1) is 13.4. The Morgan fingerprint density at radius 2 is 2.06 bits per heavy atom. The first-order chi connectivity index (χ1) is 8.22. The van der Waals surface area contributed by atoms with Gasteiger partial charge in [-0.15, -0.1) is 0 Å². The van der Waals surface area contributed by atoms with Gasteiger partial charge in [0.15, 0.2) is 0 Å². The number of benzene rings is 1. The number of carboxylic acids is 1. The fourth-order valence-corrected chi connectivity index (χ4v) is 1.48. The minimum atomic E-state index is -0.908. The van der Waals surface area contributed by atoms with Crippen molar-refractivity contribution in [3.05, 3.63) is 35.9 Å². The number of hydrogen-bond donors (Lipinski definition) is 1. The summed E-state index contributed by atoms with van der Waals surface area (Å²) in [7, 11) is 0. The van der Waals surface area contributed by atoms with Crippen molar-refractivity contribution in [3.8, 4) is 0 Å². The molecule has 0 aliphatic heterocycles. The molecule has 0 amide bonds. The summed E-state index contributed by atoms with van der Waals surface area (Å²) < 4.78 is 5.50. The lowest BCUT2D eigenvalue weighted by Gasteiger charge is -2.14. The highest BCUT2D eigenvalue weighted by molar-refractivity contribution is 5.67. The molecule has 4 heteroatoms. The van der Waals surface area contributed by atoms with Crippen LogP contribution < -0.4 is 0 Å². The molecule has 0 fully saturated rings. The highest BCUT2D eigenvalue weighted by Crippen LogP contribution is 2.10. The smallest absolute Gasteiger partial charge is 0.305 e. The van der Waals surface area contributed by atoms with Crippen molar-refractivity contribution in [2.75, 3.05) is 0 Å². The van der Waals surface area contributed by atoms with Crippen LogP contribution in [0.15, 0.2) is 30.3 Å². The fraction of sp³-hybridized carbons (Fsp3) is 0.385. The van der Waals surface area contributed by atoms with Gasteiger partial charge in [0.05, 0.1) is 19.1 Å². The Bertz CT molecular complexity index is 348. The molecule has 0 heterocycles. The zero-order chi connectivity index (χ0) is 12.5. The number of rotatable bonds is 8. The third kappa shape index (κ3) is 5.82. The average molecular weight is 236 g/mol. The van der Waals surface area contributed by atoms with Crippen molar-refractivity contribution in [1.82, 2.24) is 0 Å². The van der Waals surface area contributed by atoms with E-state index in [2.05, 4.69) is 0 Å². The van der Waals surface area contributed by atoms with Crippen molar-refractivity contribution in [1.29, 1.82) is 0 Å². The molecule has 0 saturated carbocycles. The third-order valence-corrected chi connectivity index (χ3v) is 2.34. The van der Waals surface area contributed by atoms with Gasteiger partial charge in [-0.2, -0.15) is 0 Å². The zero-order valence-corrected chi connectivity index (χ0v) is 9.54. The highest BCUT2D eigenvalue weighted by atomic mass is 16.5. The molecule has 4 nitrogen and oxygen atoms in total. The molecule has 0 aliphatic rings. The van der Waals surface area contributed by atoms with Crippen LogP contribution in [-0.4, -0.2) is 23.5 Å². The molecule has 0 saturated heterocycles. The van der Waals surface area contributed by atoms with E-state index in [9.17, 15) is 9.59 Å². The molecule has 0 aromatic heterocycles. The maximum Gasteiger partial charge on any atom is 0.305 e. The van der Waals surface area contributed by atoms with Gasteiger partial charge in [0.1, 0.15) is 6.29 Å². The van der Waals surface area contributed by atoms with Gasteiger partial charge >= 0.3 is 5.97 Å². The predicted octanol–water partition coefficient (Wildman–Crippen LogP) is 2.03. The third-order valence-electron chi connectivity index (χ3n) is 2.34. The molecule has 1 rings (SSSR count). The number of carboxylic acid groups (broad SMARTS) is 1. The molecule has 0 unspecified atom stereocenters. The Kier molecular flexibility index (Phi) is 5.96. The number of hydrogen-bond acceptors (Lipinski definition) is 3. The SMILES string of the molecule is O=CCC[C@H](CC(=O)O)OCc1ccccc1. The monoisotopic (exact) mass is 236 g/mol. The number of ether oxygens (including phenoxy) is 1. The molecular weight excluding hydrogens is 220 g/mol. The van der Waals surface area contributed by atoms with Crippen LogP contribution >= 0.6 is 0 Å². The first-order valence-corrected chi connectivity index (χ1v) is 5.53. The van der Waals surface area contributed by atoms with Crippen molar-refractivity contribution >= 4 is 12.3 Å². The van der Waals surface area contributed by atoms with Crippen molar-refractivity contribution in [2.45, 2.75) is 32.0 Å². The second-order valence-electron chi connectivity index (χ2n) is 3.76. The Morgan fingerprint density at radius 3 is 2.65 bits per heavy atom. The van der Waals surface area contributed by atoms with Gasteiger partial charge in [0, 0.05) is 6.42 Å². The number of carbonyl (C=O) groups is 2. The maximum absolute atomic E-state index is 10.6. The molecule has 92 valence electrons. The standard InChI is InChI=1S/C13H16O4/c14-8-4-7-12(9-13(15)16)17-10-11-5-2-1-3-6-11/h1-3,5-6,8,12H,4,7,9-10H2,(H,15,16)/t12-/m1/s1. The van der Waals surface area contributed by atoms with E-state index < -0.39 is 12.1 Å². The van der Waals surface area contributed by atoms with E-state index in [1.165, 1.54) is 0 Å². The van der Waals surface area contributed by atoms with Gasteiger partial charge in [-0.1, -0.05) is 30.3 Å². The van der Waals surface area contributed by atoms with Crippen LogP contribution in [-0.2, 0) is 20.9 Å². The van der Waals surface area contributed by atoms with E-state index in [1.807, 2.05) is 30.3 Å². The van der Waals surface area contributed by atoms with Crippen LogP contribution in [0.25, 0.3) is 0 Å². The summed E-state index contributed by atoms with van der Waals surface area (Å²) in [5.41, 5.74) is 0.994. The normalized spacial score (nSPS) is 12.0. The first-order valence-electron chi connectivity index (χ1n) is 5.53. The molecule has 1 aromatic rings. The van der Waals surface area contributed by atoms with Crippen LogP contribution in [0.3, 0.4) is 0 Å². The van der Waals surface area contributed by atoms with Gasteiger partial charge in [-0.05, 0) is 12.0 Å². The van der Waals surface area contributed by atoms with Crippen LogP contribution in [0.1, 0.15) is 24.8 Å². The lowest BCUT2D eigenvalue weighted by atomic mass is 10.1. The van der Waals surface area contributed by atoms with E-state index in [0.717, 1.165) is 11.8 Å². The zero-order valence-electron chi connectivity index (χ0n) is 9.54. The topological polar surface area (TPSA) is 63.6 Å². The minimum absolute atomic E-state index is 0.0688. The summed E-state index contributed by atoms with van der Waals surface area (Å²) in [6.07, 6.45) is 1.08. The minimum Gasteiger partial charge on any atom is -0.481 e. The average Bonchev–Trinajstić information content (AvgIpc) is 2.33. The fourth-order valence-electron chi connectivity index (χ4n) is 1.48. The second-order valence-corrected chi connectivity index (χ2v) is 3.76. The summed E-state index contributed by atoms with van der Waals surface area (Å²) in [4.78, 5) is 20.9. The van der Waals surface area contributed by atoms with Crippen LogP contribution in [0.5, 0.6) is 0 Å². The largest absolute Gasteiger partial charge is 0.481 e. The van der Waals surface area contributed by atoms with Crippen molar-refractivity contribution < 1.29 is 19.4 Å². The van der Waals surface area contributed by atoms with E-state index in [0.29, 0.717) is 19.4 Å². The lowest BCUT2D eigenvalue weighted by molar-refractivity contribution is -0.140. The summed E-state index contributed by atoms with van der Waals surface area (Å²) in [6.45, 7) is 0.373. The molecule has 17 heavy (non-hydrogen) atoms. The summed E-state index contributed by atoms with van der Waals surface area (Å²) in [5, 5.41) is 8.71. The van der Waals surface area contributed by atoms with Gasteiger partial charge in [0.25, 0.3) is 0 Å². The van der Waals surface area contributed by atoms with Gasteiger partial charge in [0.2, 0.25) is 0 Å². The van der Waals surface area contributed by atoms with Crippen molar-refractivity contribution in [2.24, 2.45) is 0 Å². The van der Waals surface area contributed by atoms with E-state index in [1.54, 1.807) is 0 Å². The number of aliphatic carboxylic acids is 1. The van der Waals surface area contributed by atoms with E-state index in [4.69, 9.17) is 9.84 Å². The Hall–Kier alpha value is -1.68. The van der Waals surface area contributed by atoms with Crippen LogP contribution in [0, 0.1) is 0 Å². The lowest BCUT2D eigenvalue weighted by Crippen LogP contribution is -2.17. The molecule has 1 N–H and O–H groups in total. The van der Waals surface area contributed by atoms with E-state index >= 15 is 0 Å². The van der Waals surface area contributed by atoms with Crippen molar-refractivity contribution in [3.63, 3.8) is 0 Å². The van der Waals surface area contributed by atoms with Gasteiger partial charge < -0.3 is 14.6 Å². The van der Waals surface area contributed by atoms with E-state index in [-0.39, 0.29) is 6.42 Å². The quantitative estimate of drug-likeness (QED) is 0.701. The van der Waals surface area contributed by atoms with Crippen LogP contribution in [0.2, 0.25) is 0 Å². The molecule has 1 aromatic carbocycles. The van der Waals surface area contributed by atoms with Crippen LogP contribution in [0.4, 0.5) is 0 Å².